The van der Waals surface area contributed by atoms with Gasteiger partial charge in [0.25, 0.3) is 5.91 Å². The highest BCUT2D eigenvalue weighted by Crippen LogP contribution is 2.13. The summed E-state index contributed by atoms with van der Waals surface area (Å²) in [6.07, 6.45) is 0. The standard InChI is InChI=1S/C11H18N2O2S/c1-5-13(7-11(3,4)15)10(14)9-6-16-8(2)12-9/h6,15H,5,7H2,1-4H3. The molecule has 16 heavy (non-hydrogen) atoms. The summed E-state index contributed by atoms with van der Waals surface area (Å²) in [5.41, 5.74) is -0.412. The number of hydrogen-bond acceptors (Lipinski definition) is 4. The number of amides is 1. The zero-order valence-corrected chi connectivity index (χ0v) is 11.0. The van der Waals surface area contributed by atoms with Crippen molar-refractivity contribution in [1.29, 1.82) is 0 Å². The molecule has 5 heteroatoms. The van der Waals surface area contributed by atoms with E-state index in [9.17, 15) is 9.90 Å². The number of thiazole rings is 1. The van der Waals surface area contributed by atoms with Gasteiger partial charge in [-0.05, 0) is 27.7 Å². The van der Waals surface area contributed by atoms with E-state index in [0.717, 1.165) is 5.01 Å². The minimum absolute atomic E-state index is 0.117. The van der Waals surface area contributed by atoms with Gasteiger partial charge in [0, 0.05) is 18.5 Å². The number of hydrogen-bond donors (Lipinski definition) is 1. The minimum atomic E-state index is -0.878. The maximum absolute atomic E-state index is 12.0. The van der Waals surface area contributed by atoms with E-state index in [1.54, 1.807) is 24.1 Å². The maximum atomic E-state index is 12.0. The van der Waals surface area contributed by atoms with E-state index >= 15 is 0 Å². The first-order valence-electron chi connectivity index (χ1n) is 5.27. The van der Waals surface area contributed by atoms with Crippen LogP contribution in [-0.4, -0.2) is 39.6 Å². The van der Waals surface area contributed by atoms with E-state index in [1.165, 1.54) is 11.3 Å². The summed E-state index contributed by atoms with van der Waals surface area (Å²) in [4.78, 5) is 17.8. The molecule has 1 heterocycles. The summed E-state index contributed by atoms with van der Waals surface area (Å²) in [5, 5.41) is 12.3. The molecule has 0 aliphatic heterocycles. The average Bonchev–Trinajstić information content (AvgIpc) is 2.58. The number of carbonyl (C=O) groups is 1. The Balaban J connectivity index is 2.78. The van der Waals surface area contributed by atoms with Crippen LogP contribution in [0.5, 0.6) is 0 Å². The molecular formula is C11H18N2O2S. The topological polar surface area (TPSA) is 53.4 Å². The fraction of sp³-hybridized carbons (Fsp3) is 0.636. The highest BCUT2D eigenvalue weighted by molar-refractivity contribution is 7.09. The van der Waals surface area contributed by atoms with Crippen LogP contribution in [0, 0.1) is 6.92 Å². The largest absolute Gasteiger partial charge is 0.389 e. The molecule has 0 aromatic carbocycles. The van der Waals surface area contributed by atoms with Crippen molar-refractivity contribution < 1.29 is 9.90 Å². The summed E-state index contributed by atoms with van der Waals surface area (Å²) >= 11 is 1.46. The smallest absolute Gasteiger partial charge is 0.273 e. The van der Waals surface area contributed by atoms with E-state index in [0.29, 0.717) is 18.8 Å². The summed E-state index contributed by atoms with van der Waals surface area (Å²) in [6.45, 7) is 8.03. The second-order valence-corrected chi connectivity index (χ2v) is 5.45. The quantitative estimate of drug-likeness (QED) is 0.874. The van der Waals surface area contributed by atoms with Gasteiger partial charge in [-0.3, -0.25) is 4.79 Å². The van der Waals surface area contributed by atoms with Crippen LogP contribution in [0.1, 0.15) is 36.3 Å². The van der Waals surface area contributed by atoms with Gasteiger partial charge in [-0.1, -0.05) is 0 Å². The van der Waals surface area contributed by atoms with E-state index in [1.807, 2.05) is 13.8 Å². The Morgan fingerprint density at radius 3 is 2.62 bits per heavy atom. The molecule has 0 saturated heterocycles. The van der Waals surface area contributed by atoms with Crippen molar-refractivity contribution >= 4 is 17.2 Å². The molecule has 1 aromatic heterocycles. The Kier molecular flexibility index (Phi) is 4.04. The number of aromatic nitrogens is 1. The van der Waals surface area contributed by atoms with Crippen LogP contribution in [-0.2, 0) is 0 Å². The molecule has 1 aromatic rings. The van der Waals surface area contributed by atoms with E-state index in [4.69, 9.17) is 0 Å². The summed E-state index contributed by atoms with van der Waals surface area (Å²) in [5.74, 6) is -0.117. The molecule has 0 fully saturated rings. The van der Waals surface area contributed by atoms with Crippen molar-refractivity contribution in [2.24, 2.45) is 0 Å². The monoisotopic (exact) mass is 242 g/mol. The first kappa shape index (κ1) is 13.1. The van der Waals surface area contributed by atoms with Crippen LogP contribution in [0.2, 0.25) is 0 Å². The van der Waals surface area contributed by atoms with Crippen LogP contribution in [0.4, 0.5) is 0 Å². The first-order valence-corrected chi connectivity index (χ1v) is 6.15. The fourth-order valence-corrected chi connectivity index (χ4v) is 2.00. The van der Waals surface area contributed by atoms with Gasteiger partial charge in [0.05, 0.1) is 10.6 Å². The maximum Gasteiger partial charge on any atom is 0.273 e. The Labute approximate surface area is 99.9 Å². The minimum Gasteiger partial charge on any atom is -0.389 e. The average molecular weight is 242 g/mol. The summed E-state index contributed by atoms with van der Waals surface area (Å²) < 4.78 is 0. The summed E-state index contributed by atoms with van der Waals surface area (Å²) in [7, 11) is 0. The van der Waals surface area contributed by atoms with E-state index in [2.05, 4.69) is 4.98 Å². The molecule has 1 amide bonds. The second kappa shape index (κ2) is 4.93. The van der Waals surface area contributed by atoms with Crippen LogP contribution >= 0.6 is 11.3 Å². The van der Waals surface area contributed by atoms with Gasteiger partial charge < -0.3 is 10.0 Å². The molecule has 0 aliphatic carbocycles. The van der Waals surface area contributed by atoms with Crippen molar-refractivity contribution in [3.05, 3.63) is 16.1 Å². The third kappa shape index (κ3) is 3.57. The van der Waals surface area contributed by atoms with E-state index in [-0.39, 0.29) is 5.91 Å². The predicted molar refractivity (Wildman–Crippen MR) is 64.7 cm³/mol. The normalized spacial score (nSPS) is 11.6. The molecule has 0 saturated carbocycles. The number of nitrogens with zero attached hydrogens (tertiary/aromatic N) is 2. The second-order valence-electron chi connectivity index (χ2n) is 4.38. The molecule has 1 rings (SSSR count). The fourth-order valence-electron chi connectivity index (χ4n) is 1.42. The molecule has 0 spiro atoms. The Morgan fingerprint density at radius 1 is 1.62 bits per heavy atom. The number of aliphatic hydroxyl groups is 1. The Morgan fingerprint density at radius 2 is 2.25 bits per heavy atom. The van der Waals surface area contributed by atoms with E-state index < -0.39 is 5.60 Å². The molecule has 0 aliphatic rings. The van der Waals surface area contributed by atoms with Crippen LogP contribution in [0.3, 0.4) is 0 Å². The van der Waals surface area contributed by atoms with Gasteiger partial charge in [0.1, 0.15) is 5.69 Å². The number of aryl methyl sites for hydroxylation is 1. The highest BCUT2D eigenvalue weighted by Gasteiger charge is 2.23. The zero-order valence-electron chi connectivity index (χ0n) is 10.1. The molecule has 0 bridgehead atoms. The lowest BCUT2D eigenvalue weighted by molar-refractivity contribution is 0.0312. The van der Waals surface area contributed by atoms with Gasteiger partial charge in [-0.2, -0.15) is 0 Å². The summed E-state index contributed by atoms with van der Waals surface area (Å²) in [6, 6.07) is 0. The SMILES string of the molecule is CCN(CC(C)(C)O)C(=O)c1csc(C)n1. The van der Waals surface area contributed by atoms with Gasteiger partial charge >= 0.3 is 0 Å². The molecule has 0 unspecified atom stereocenters. The molecule has 4 nitrogen and oxygen atoms in total. The molecule has 90 valence electrons. The lowest BCUT2D eigenvalue weighted by atomic mass is 10.1. The van der Waals surface area contributed by atoms with Gasteiger partial charge in [-0.25, -0.2) is 4.98 Å². The van der Waals surface area contributed by atoms with Crippen LogP contribution in [0.15, 0.2) is 5.38 Å². The predicted octanol–water partition coefficient (Wildman–Crippen LogP) is 1.68. The van der Waals surface area contributed by atoms with Gasteiger partial charge in [0.15, 0.2) is 0 Å². The Hall–Kier alpha value is -0.940. The molecule has 1 N–H and O–H groups in total. The third-order valence-corrected chi connectivity index (χ3v) is 2.86. The van der Waals surface area contributed by atoms with Gasteiger partial charge in [0.2, 0.25) is 0 Å². The molecular weight excluding hydrogens is 224 g/mol. The number of carbonyl (C=O) groups excluding carboxylic acids is 1. The number of likely N-dealkylation sites (N-methyl/N-ethyl adjacent to an activating group) is 1. The van der Waals surface area contributed by atoms with Crippen molar-refractivity contribution in [3.63, 3.8) is 0 Å². The molecule has 0 atom stereocenters. The molecule has 0 radical (unpaired) electrons. The van der Waals surface area contributed by atoms with Crippen molar-refractivity contribution in [1.82, 2.24) is 9.88 Å². The highest BCUT2D eigenvalue weighted by atomic mass is 32.1. The zero-order chi connectivity index (χ0) is 12.3. The van der Waals surface area contributed by atoms with Crippen LogP contribution < -0.4 is 0 Å². The van der Waals surface area contributed by atoms with Crippen LogP contribution in [0.25, 0.3) is 0 Å². The third-order valence-electron chi connectivity index (χ3n) is 2.08. The van der Waals surface area contributed by atoms with Gasteiger partial charge in [-0.15, -0.1) is 11.3 Å². The van der Waals surface area contributed by atoms with Crippen molar-refractivity contribution in [2.75, 3.05) is 13.1 Å². The van der Waals surface area contributed by atoms with Crippen molar-refractivity contribution in [2.45, 2.75) is 33.3 Å². The Bertz CT molecular complexity index is 368. The lowest BCUT2D eigenvalue weighted by Crippen LogP contribution is -2.42. The lowest BCUT2D eigenvalue weighted by Gasteiger charge is -2.27. The van der Waals surface area contributed by atoms with Crippen molar-refractivity contribution in [3.8, 4) is 0 Å². The first-order chi connectivity index (χ1) is 7.33. The number of rotatable bonds is 4.